The molecule has 3 unspecified atom stereocenters. The van der Waals surface area contributed by atoms with Gasteiger partial charge in [-0.25, -0.2) is 0 Å². The zero-order valence-corrected chi connectivity index (χ0v) is 13.4. The standard InChI is InChI=1S/C16H20ClNO2S/c17-12-6-4-11(5-7-12)14-10-21-9-8-18(14)16(20)13-2-1-3-15(13)19/h4-7,13-15,19H,1-3,8-10H2. The van der Waals surface area contributed by atoms with Crippen molar-refractivity contribution in [2.75, 3.05) is 18.1 Å². The van der Waals surface area contributed by atoms with Crippen LogP contribution in [0.15, 0.2) is 24.3 Å². The number of hydrogen-bond acceptors (Lipinski definition) is 3. The molecule has 1 N–H and O–H groups in total. The van der Waals surface area contributed by atoms with E-state index in [1.165, 1.54) is 0 Å². The van der Waals surface area contributed by atoms with Crippen molar-refractivity contribution in [2.24, 2.45) is 5.92 Å². The lowest BCUT2D eigenvalue weighted by Crippen LogP contribution is -2.45. The molecule has 3 atom stereocenters. The van der Waals surface area contributed by atoms with Crippen molar-refractivity contribution in [3.05, 3.63) is 34.9 Å². The van der Waals surface area contributed by atoms with Gasteiger partial charge in [-0.1, -0.05) is 23.7 Å². The van der Waals surface area contributed by atoms with Gasteiger partial charge in [-0.2, -0.15) is 11.8 Å². The van der Waals surface area contributed by atoms with Crippen molar-refractivity contribution in [3.8, 4) is 0 Å². The molecule has 0 radical (unpaired) electrons. The third-order valence-corrected chi connectivity index (χ3v) is 5.74. The second-order valence-electron chi connectivity index (χ2n) is 5.78. The Bertz CT molecular complexity index is 508. The number of hydrogen-bond donors (Lipinski definition) is 1. The van der Waals surface area contributed by atoms with Crippen LogP contribution in [0, 0.1) is 5.92 Å². The highest BCUT2D eigenvalue weighted by Gasteiger charge is 2.38. The molecule has 21 heavy (non-hydrogen) atoms. The van der Waals surface area contributed by atoms with Crippen LogP contribution in [0.4, 0.5) is 0 Å². The summed E-state index contributed by atoms with van der Waals surface area (Å²) in [6.07, 6.45) is 2.06. The molecule has 1 amide bonds. The maximum Gasteiger partial charge on any atom is 0.228 e. The van der Waals surface area contributed by atoms with E-state index in [-0.39, 0.29) is 17.9 Å². The van der Waals surface area contributed by atoms with E-state index in [1.807, 2.05) is 40.9 Å². The Kier molecular flexibility index (Phi) is 4.77. The second kappa shape index (κ2) is 6.59. The molecule has 3 nitrogen and oxygen atoms in total. The van der Waals surface area contributed by atoms with Crippen LogP contribution < -0.4 is 0 Å². The zero-order chi connectivity index (χ0) is 14.8. The Hall–Kier alpha value is -0.710. The molecule has 1 aliphatic heterocycles. The lowest BCUT2D eigenvalue weighted by Gasteiger charge is -2.37. The molecule has 2 aliphatic rings. The fourth-order valence-corrected chi connectivity index (χ4v) is 4.48. The molecule has 114 valence electrons. The number of carbonyl (C=O) groups is 1. The van der Waals surface area contributed by atoms with Crippen molar-refractivity contribution < 1.29 is 9.90 Å². The van der Waals surface area contributed by atoms with Gasteiger partial charge < -0.3 is 10.0 Å². The highest BCUT2D eigenvalue weighted by Crippen LogP contribution is 2.35. The van der Waals surface area contributed by atoms with Gasteiger partial charge in [0.15, 0.2) is 0 Å². The number of amides is 1. The molecule has 0 bridgehead atoms. The Morgan fingerprint density at radius 1 is 1.29 bits per heavy atom. The van der Waals surface area contributed by atoms with Crippen molar-refractivity contribution in [3.63, 3.8) is 0 Å². The topological polar surface area (TPSA) is 40.5 Å². The van der Waals surface area contributed by atoms with E-state index in [2.05, 4.69) is 0 Å². The molecular formula is C16H20ClNO2S. The van der Waals surface area contributed by atoms with Gasteiger partial charge in [-0.15, -0.1) is 0 Å². The molecule has 0 aromatic heterocycles. The van der Waals surface area contributed by atoms with E-state index < -0.39 is 6.10 Å². The van der Waals surface area contributed by atoms with E-state index in [4.69, 9.17) is 11.6 Å². The van der Waals surface area contributed by atoms with E-state index in [0.29, 0.717) is 5.02 Å². The van der Waals surface area contributed by atoms with Gasteiger partial charge in [0.05, 0.1) is 18.1 Å². The van der Waals surface area contributed by atoms with Gasteiger partial charge in [-0.05, 0) is 37.0 Å². The summed E-state index contributed by atoms with van der Waals surface area (Å²) >= 11 is 7.83. The van der Waals surface area contributed by atoms with Gasteiger partial charge in [0.1, 0.15) is 0 Å². The fourth-order valence-electron chi connectivity index (χ4n) is 3.27. The van der Waals surface area contributed by atoms with Crippen molar-refractivity contribution in [1.29, 1.82) is 0 Å². The molecule has 0 spiro atoms. The van der Waals surface area contributed by atoms with E-state index in [1.54, 1.807) is 0 Å². The van der Waals surface area contributed by atoms with E-state index in [0.717, 1.165) is 42.9 Å². The van der Waals surface area contributed by atoms with Crippen LogP contribution in [0.25, 0.3) is 0 Å². The van der Waals surface area contributed by atoms with Crippen LogP contribution in [0.2, 0.25) is 5.02 Å². The number of nitrogens with zero attached hydrogens (tertiary/aromatic N) is 1. The summed E-state index contributed by atoms with van der Waals surface area (Å²) < 4.78 is 0. The van der Waals surface area contributed by atoms with Gasteiger partial charge in [0, 0.05) is 23.1 Å². The van der Waals surface area contributed by atoms with Crippen LogP contribution >= 0.6 is 23.4 Å². The Morgan fingerprint density at radius 3 is 2.71 bits per heavy atom. The molecule has 1 heterocycles. The minimum Gasteiger partial charge on any atom is -0.392 e. The molecule has 1 aliphatic carbocycles. The lowest BCUT2D eigenvalue weighted by atomic mass is 10.0. The average molecular weight is 326 g/mol. The SMILES string of the molecule is O=C(C1CCCC1O)N1CCSCC1c1ccc(Cl)cc1. The van der Waals surface area contributed by atoms with Crippen LogP contribution in [-0.4, -0.2) is 40.1 Å². The summed E-state index contributed by atoms with van der Waals surface area (Å²) in [6.45, 7) is 0.764. The first-order valence-electron chi connectivity index (χ1n) is 7.48. The van der Waals surface area contributed by atoms with Gasteiger partial charge in [0.25, 0.3) is 0 Å². The first-order chi connectivity index (χ1) is 10.2. The first-order valence-corrected chi connectivity index (χ1v) is 9.02. The zero-order valence-electron chi connectivity index (χ0n) is 11.9. The van der Waals surface area contributed by atoms with Crippen LogP contribution in [0.3, 0.4) is 0 Å². The quantitative estimate of drug-likeness (QED) is 0.908. The number of halogens is 1. The number of thioether (sulfide) groups is 1. The largest absolute Gasteiger partial charge is 0.392 e. The third kappa shape index (κ3) is 3.22. The highest BCUT2D eigenvalue weighted by molar-refractivity contribution is 7.99. The van der Waals surface area contributed by atoms with Crippen molar-refractivity contribution >= 4 is 29.3 Å². The summed E-state index contributed by atoms with van der Waals surface area (Å²) in [6, 6.07) is 7.86. The van der Waals surface area contributed by atoms with E-state index >= 15 is 0 Å². The molecule has 1 saturated carbocycles. The predicted octanol–water partition coefficient (Wildman–Crippen LogP) is 3.12. The normalized spacial score (nSPS) is 29.6. The van der Waals surface area contributed by atoms with Crippen molar-refractivity contribution in [1.82, 2.24) is 4.90 Å². The Balaban J connectivity index is 1.81. The van der Waals surface area contributed by atoms with Gasteiger partial charge in [0.2, 0.25) is 5.91 Å². The second-order valence-corrected chi connectivity index (χ2v) is 7.36. The van der Waals surface area contributed by atoms with Gasteiger partial charge >= 0.3 is 0 Å². The minimum atomic E-state index is -0.460. The Morgan fingerprint density at radius 2 is 2.05 bits per heavy atom. The fraction of sp³-hybridized carbons (Fsp3) is 0.562. The molecule has 2 fully saturated rings. The molecule has 1 saturated heterocycles. The number of rotatable bonds is 2. The number of aliphatic hydroxyl groups excluding tert-OH is 1. The molecule has 5 heteroatoms. The number of benzene rings is 1. The lowest BCUT2D eigenvalue weighted by molar-refractivity contribution is -0.140. The molecule has 3 rings (SSSR count). The first kappa shape index (κ1) is 15.2. The molecular weight excluding hydrogens is 306 g/mol. The summed E-state index contributed by atoms with van der Waals surface area (Å²) in [7, 11) is 0. The molecule has 1 aromatic carbocycles. The number of carbonyl (C=O) groups excluding carboxylic acids is 1. The van der Waals surface area contributed by atoms with Crippen LogP contribution in [0.1, 0.15) is 30.9 Å². The molecule has 1 aromatic rings. The van der Waals surface area contributed by atoms with Crippen LogP contribution in [0.5, 0.6) is 0 Å². The maximum absolute atomic E-state index is 12.8. The predicted molar refractivity (Wildman–Crippen MR) is 86.6 cm³/mol. The van der Waals surface area contributed by atoms with Crippen LogP contribution in [-0.2, 0) is 4.79 Å². The van der Waals surface area contributed by atoms with Gasteiger partial charge in [-0.3, -0.25) is 4.79 Å². The summed E-state index contributed by atoms with van der Waals surface area (Å²) in [5.74, 6) is 1.80. The third-order valence-electron chi connectivity index (χ3n) is 4.46. The monoisotopic (exact) mass is 325 g/mol. The summed E-state index contributed by atoms with van der Waals surface area (Å²) in [5, 5.41) is 10.7. The maximum atomic E-state index is 12.8. The number of aliphatic hydroxyl groups is 1. The minimum absolute atomic E-state index is 0.0984. The smallest absolute Gasteiger partial charge is 0.228 e. The summed E-state index contributed by atoms with van der Waals surface area (Å²) in [5.41, 5.74) is 1.13. The average Bonchev–Trinajstić information content (AvgIpc) is 2.93. The summed E-state index contributed by atoms with van der Waals surface area (Å²) in [4.78, 5) is 14.8. The Labute approximate surface area is 134 Å². The van der Waals surface area contributed by atoms with E-state index in [9.17, 15) is 9.90 Å². The highest BCUT2D eigenvalue weighted by atomic mass is 35.5. The van der Waals surface area contributed by atoms with Crippen molar-refractivity contribution in [2.45, 2.75) is 31.4 Å².